The fourth-order valence-corrected chi connectivity index (χ4v) is 3.92. The number of carbonyl (C=O) groups excluding carboxylic acids is 1. The van der Waals surface area contributed by atoms with Gasteiger partial charge in [0.05, 0.1) is 12.0 Å². The molecule has 0 aliphatic rings. The SMILES string of the molecule is COc1cc(/C=C(/C#N)C(=O)Nc2ccc(Cl)cc2)ccc1OS(=O)(=O)c1cccc([N+](=O)[O-])c1. The van der Waals surface area contributed by atoms with Gasteiger partial charge in [-0.05, 0) is 54.1 Å². The highest BCUT2D eigenvalue weighted by atomic mass is 35.5. The summed E-state index contributed by atoms with van der Waals surface area (Å²) >= 11 is 5.82. The highest BCUT2D eigenvalue weighted by molar-refractivity contribution is 7.87. The van der Waals surface area contributed by atoms with Crippen LogP contribution in [0.5, 0.6) is 11.5 Å². The zero-order chi connectivity index (χ0) is 25.6. The van der Waals surface area contributed by atoms with Gasteiger partial charge in [0.2, 0.25) is 0 Å². The highest BCUT2D eigenvalue weighted by Crippen LogP contribution is 2.32. The molecule has 0 saturated heterocycles. The number of benzene rings is 3. The van der Waals surface area contributed by atoms with Gasteiger partial charge in [-0.2, -0.15) is 13.7 Å². The van der Waals surface area contributed by atoms with Gasteiger partial charge in [-0.3, -0.25) is 14.9 Å². The van der Waals surface area contributed by atoms with E-state index in [-0.39, 0.29) is 17.1 Å². The molecule has 3 aromatic carbocycles. The van der Waals surface area contributed by atoms with E-state index in [1.54, 1.807) is 24.3 Å². The monoisotopic (exact) mass is 513 g/mol. The van der Waals surface area contributed by atoms with E-state index < -0.39 is 31.5 Å². The normalized spacial score (nSPS) is 11.3. The number of nitriles is 1. The van der Waals surface area contributed by atoms with Crippen LogP contribution in [-0.2, 0) is 14.9 Å². The van der Waals surface area contributed by atoms with E-state index in [0.717, 1.165) is 18.2 Å². The van der Waals surface area contributed by atoms with Crippen molar-refractivity contribution in [1.82, 2.24) is 0 Å². The first-order valence-electron chi connectivity index (χ1n) is 9.68. The Labute approximate surface area is 205 Å². The Kier molecular flexibility index (Phi) is 7.70. The Balaban J connectivity index is 1.85. The molecule has 0 aliphatic carbocycles. The molecule has 3 rings (SSSR count). The second-order valence-electron chi connectivity index (χ2n) is 6.83. The molecular formula is C23H16ClN3O7S. The number of hydrogen-bond donors (Lipinski definition) is 1. The fraction of sp³-hybridized carbons (Fsp3) is 0.0435. The van der Waals surface area contributed by atoms with Crippen molar-refractivity contribution in [2.45, 2.75) is 4.90 Å². The second kappa shape index (κ2) is 10.7. The third kappa shape index (κ3) is 6.35. The lowest BCUT2D eigenvalue weighted by Crippen LogP contribution is -2.13. The van der Waals surface area contributed by atoms with Gasteiger partial charge < -0.3 is 14.2 Å². The molecule has 178 valence electrons. The van der Waals surface area contributed by atoms with Crippen LogP contribution in [0.2, 0.25) is 5.02 Å². The van der Waals surface area contributed by atoms with E-state index in [0.29, 0.717) is 16.3 Å². The Hall–Kier alpha value is -4.40. The van der Waals surface area contributed by atoms with E-state index in [2.05, 4.69) is 5.32 Å². The molecular weight excluding hydrogens is 498 g/mol. The molecule has 12 heteroatoms. The number of amides is 1. The molecule has 0 atom stereocenters. The van der Waals surface area contributed by atoms with Gasteiger partial charge in [0.1, 0.15) is 16.5 Å². The highest BCUT2D eigenvalue weighted by Gasteiger charge is 2.22. The number of nitro groups is 1. The topological polar surface area (TPSA) is 149 Å². The van der Waals surface area contributed by atoms with Crippen LogP contribution in [-0.4, -0.2) is 26.4 Å². The van der Waals surface area contributed by atoms with Gasteiger partial charge >= 0.3 is 10.1 Å². The lowest BCUT2D eigenvalue weighted by atomic mass is 10.1. The van der Waals surface area contributed by atoms with Crippen LogP contribution < -0.4 is 14.2 Å². The van der Waals surface area contributed by atoms with E-state index in [1.807, 2.05) is 6.07 Å². The Morgan fingerprint density at radius 1 is 1.11 bits per heavy atom. The summed E-state index contributed by atoms with van der Waals surface area (Å²) in [6.45, 7) is 0. The van der Waals surface area contributed by atoms with Crippen molar-refractivity contribution in [2.24, 2.45) is 0 Å². The maximum atomic E-state index is 12.6. The van der Waals surface area contributed by atoms with Crippen molar-refractivity contribution in [1.29, 1.82) is 5.26 Å². The number of anilines is 1. The van der Waals surface area contributed by atoms with E-state index in [9.17, 15) is 28.6 Å². The summed E-state index contributed by atoms with van der Waals surface area (Å²) in [6.07, 6.45) is 1.28. The van der Waals surface area contributed by atoms with Crippen molar-refractivity contribution in [3.63, 3.8) is 0 Å². The molecule has 35 heavy (non-hydrogen) atoms. The summed E-state index contributed by atoms with van der Waals surface area (Å²) in [6, 6.07) is 16.6. The fourth-order valence-electron chi connectivity index (χ4n) is 2.81. The predicted molar refractivity (Wildman–Crippen MR) is 128 cm³/mol. The maximum Gasteiger partial charge on any atom is 0.339 e. The van der Waals surface area contributed by atoms with Crippen LogP contribution in [0.15, 0.2) is 77.2 Å². The van der Waals surface area contributed by atoms with Crippen LogP contribution in [0.4, 0.5) is 11.4 Å². The average molecular weight is 514 g/mol. The number of ether oxygens (including phenoxy) is 1. The summed E-state index contributed by atoms with van der Waals surface area (Å²) < 4.78 is 35.5. The largest absolute Gasteiger partial charge is 0.493 e. The van der Waals surface area contributed by atoms with Crippen LogP contribution in [0.1, 0.15) is 5.56 Å². The van der Waals surface area contributed by atoms with Crippen LogP contribution in [0.25, 0.3) is 6.08 Å². The molecule has 0 aromatic heterocycles. The van der Waals surface area contributed by atoms with E-state index >= 15 is 0 Å². The zero-order valence-corrected chi connectivity index (χ0v) is 19.5. The summed E-state index contributed by atoms with van der Waals surface area (Å²) in [5.41, 5.74) is 0.154. The molecule has 0 fully saturated rings. The number of nitrogens with one attached hydrogen (secondary N) is 1. The number of non-ortho nitro benzene ring substituents is 1. The Morgan fingerprint density at radius 3 is 2.46 bits per heavy atom. The average Bonchev–Trinajstić information content (AvgIpc) is 2.84. The number of halogens is 1. The van der Waals surface area contributed by atoms with Gasteiger partial charge in [0.15, 0.2) is 11.5 Å². The third-order valence-corrected chi connectivity index (χ3v) is 5.96. The quantitative estimate of drug-likeness (QED) is 0.151. The summed E-state index contributed by atoms with van der Waals surface area (Å²) in [7, 11) is -3.15. The van der Waals surface area contributed by atoms with Gasteiger partial charge in [-0.25, -0.2) is 0 Å². The molecule has 1 amide bonds. The van der Waals surface area contributed by atoms with Gasteiger partial charge in [0.25, 0.3) is 11.6 Å². The predicted octanol–water partition coefficient (Wildman–Crippen LogP) is 4.57. The molecule has 0 radical (unpaired) electrons. The van der Waals surface area contributed by atoms with Crippen molar-refractivity contribution >= 4 is 45.1 Å². The third-order valence-electron chi connectivity index (χ3n) is 4.48. The smallest absolute Gasteiger partial charge is 0.339 e. The van der Waals surface area contributed by atoms with Crippen molar-refractivity contribution in [3.8, 4) is 17.6 Å². The number of nitro benzene ring substituents is 1. The summed E-state index contributed by atoms with van der Waals surface area (Å²) in [5, 5.41) is 23.4. The lowest BCUT2D eigenvalue weighted by molar-refractivity contribution is -0.385. The van der Waals surface area contributed by atoms with Crippen LogP contribution in [0, 0.1) is 21.4 Å². The number of nitrogens with zero attached hydrogens (tertiary/aromatic N) is 2. The maximum absolute atomic E-state index is 12.6. The first-order chi connectivity index (χ1) is 16.6. The zero-order valence-electron chi connectivity index (χ0n) is 18.0. The van der Waals surface area contributed by atoms with E-state index in [1.165, 1.54) is 37.5 Å². The number of rotatable bonds is 8. The van der Waals surface area contributed by atoms with Gasteiger partial charge in [-0.1, -0.05) is 23.7 Å². The molecule has 0 saturated carbocycles. The molecule has 0 bridgehead atoms. The molecule has 3 aromatic rings. The Morgan fingerprint density at radius 2 is 1.83 bits per heavy atom. The van der Waals surface area contributed by atoms with Crippen molar-refractivity contribution < 1.29 is 27.1 Å². The Bertz CT molecular complexity index is 1460. The van der Waals surface area contributed by atoms with Gasteiger partial charge in [0, 0.05) is 22.8 Å². The molecule has 0 heterocycles. The summed E-state index contributed by atoms with van der Waals surface area (Å²) in [5.74, 6) is -0.870. The van der Waals surface area contributed by atoms with Crippen LogP contribution >= 0.6 is 11.6 Å². The first-order valence-corrected chi connectivity index (χ1v) is 11.5. The molecule has 1 N–H and O–H groups in total. The molecule has 0 spiro atoms. The van der Waals surface area contributed by atoms with Crippen molar-refractivity contribution in [3.05, 3.63) is 93.0 Å². The first kappa shape index (κ1) is 25.2. The van der Waals surface area contributed by atoms with E-state index in [4.69, 9.17) is 20.5 Å². The van der Waals surface area contributed by atoms with Crippen LogP contribution in [0.3, 0.4) is 0 Å². The number of methoxy groups -OCH3 is 1. The molecule has 0 aliphatic heterocycles. The minimum absolute atomic E-state index is 0.0110. The number of hydrogen-bond acceptors (Lipinski definition) is 8. The minimum Gasteiger partial charge on any atom is -0.493 e. The standard InChI is InChI=1S/C23H16ClN3O7S/c1-33-22-12-15(11-16(14-25)23(28)26-18-8-6-17(24)7-9-18)5-10-21(22)34-35(31,32)20-4-2-3-19(13-20)27(29)30/h2-13H,1H3,(H,26,28)/b16-11-. The minimum atomic E-state index is -4.42. The molecule has 10 nitrogen and oxygen atoms in total. The van der Waals surface area contributed by atoms with Gasteiger partial charge in [-0.15, -0.1) is 0 Å². The summed E-state index contributed by atoms with van der Waals surface area (Å²) in [4.78, 5) is 22.3. The number of carbonyl (C=O) groups is 1. The molecule has 0 unspecified atom stereocenters. The lowest BCUT2D eigenvalue weighted by Gasteiger charge is -2.11. The second-order valence-corrected chi connectivity index (χ2v) is 8.82. The van der Waals surface area contributed by atoms with Crippen molar-refractivity contribution in [2.75, 3.05) is 12.4 Å².